The predicted octanol–water partition coefficient (Wildman–Crippen LogP) is 3.38. The lowest BCUT2D eigenvalue weighted by Crippen LogP contribution is -2.31. The van der Waals surface area contributed by atoms with E-state index in [1.165, 1.54) is 25.7 Å². The Kier molecular flexibility index (Phi) is 6.84. The number of esters is 1. The highest BCUT2D eigenvalue weighted by Gasteiger charge is 2.29. The zero-order valence-corrected chi connectivity index (χ0v) is 13.1. The van der Waals surface area contributed by atoms with Crippen LogP contribution in [-0.2, 0) is 9.53 Å². The molecule has 0 amide bonds. The normalized spacial score (nSPS) is 24.2. The van der Waals surface area contributed by atoms with E-state index in [-0.39, 0.29) is 5.97 Å². The lowest BCUT2D eigenvalue weighted by Gasteiger charge is -2.37. The molecule has 1 N–H and O–H groups in total. The number of rotatable bonds is 6. The minimum atomic E-state index is -0.0913. The molecule has 0 bridgehead atoms. The Morgan fingerprint density at radius 3 is 2.37 bits per heavy atom. The van der Waals surface area contributed by atoms with Gasteiger partial charge in [0.05, 0.1) is 13.0 Å². The molecule has 1 rings (SSSR count). The zero-order valence-electron chi connectivity index (χ0n) is 13.1. The third-order valence-electron chi connectivity index (χ3n) is 4.32. The molecular weight excluding hydrogens is 238 g/mol. The van der Waals surface area contributed by atoms with Crippen LogP contribution in [0.15, 0.2) is 0 Å². The molecule has 3 heteroatoms. The minimum Gasteiger partial charge on any atom is -0.466 e. The van der Waals surface area contributed by atoms with Crippen molar-refractivity contribution in [3.05, 3.63) is 0 Å². The monoisotopic (exact) mass is 269 g/mol. The fourth-order valence-corrected chi connectivity index (χ4v) is 2.96. The first-order valence-electron chi connectivity index (χ1n) is 7.79. The molecule has 0 heterocycles. The molecular formula is C16H31NO2. The van der Waals surface area contributed by atoms with E-state index in [2.05, 4.69) is 26.1 Å². The molecule has 0 aromatic carbocycles. The van der Waals surface area contributed by atoms with Crippen molar-refractivity contribution in [2.75, 3.05) is 19.7 Å². The van der Waals surface area contributed by atoms with Crippen LogP contribution in [0.4, 0.5) is 0 Å². The summed E-state index contributed by atoms with van der Waals surface area (Å²) in [6, 6.07) is 0. The van der Waals surface area contributed by atoms with Crippen molar-refractivity contribution in [2.24, 2.45) is 17.3 Å². The topological polar surface area (TPSA) is 38.3 Å². The third-order valence-corrected chi connectivity index (χ3v) is 4.32. The van der Waals surface area contributed by atoms with E-state index in [0.29, 0.717) is 18.4 Å². The number of carbonyl (C=O) groups is 1. The lowest BCUT2D eigenvalue weighted by atomic mass is 9.70. The van der Waals surface area contributed by atoms with Crippen LogP contribution in [-0.4, -0.2) is 25.7 Å². The van der Waals surface area contributed by atoms with Crippen LogP contribution in [0.2, 0.25) is 0 Å². The highest BCUT2D eigenvalue weighted by atomic mass is 16.5. The van der Waals surface area contributed by atoms with Gasteiger partial charge < -0.3 is 10.1 Å². The van der Waals surface area contributed by atoms with Gasteiger partial charge in [0, 0.05) is 6.54 Å². The molecule has 112 valence electrons. The Labute approximate surface area is 118 Å². The van der Waals surface area contributed by atoms with Crippen LogP contribution in [0.1, 0.15) is 59.8 Å². The molecule has 1 aliphatic rings. The van der Waals surface area contributed by atoms with Crippen LogP contribution in [0.25, 0.3) is 0 Å². The van der Waals surface area contributed by atoms with E-state index in [9.17, 15) is 4.79 Å². The fraction of sp³-hybridized carbons (Fsp3) is 0.938. The Morgan fingerprint density at radius 2 is 1.84 bits per heavy atom. The summed E-state index contributed by atoms with van der Waals surface area (Å²) in [5.41, 5.74) is 0.461. The van der Waals surface area contributed by atoms with E-state index in [1.54, 1.807) is 0 Å². The standard InChI is InChI=1S/C16H31NO2/c1-5-19-15(18)10-11-17-12-13-6-8-14(9-7-13)16(2,3)4/h13-14,17H,5-12H2,1-4H3. The van der Waals surface area contributed by atoms with Crippen LogP contribution in [0.3, 0.4) is 0 Å². The van der Waals surface area contributed by atoms with Gasteiger partial charge in [0.2, 0.25) is 0 Å². The maximum absolute atomic E-state index is 11.2. The van der Waals surface area contributed by atoms with E-state index in [1.807, 2.05) is 6.92 Å². The summed E-state index contributed by atoms with van der Waals surface area (Å²) < 4.78 is 4.91. The molecule has 1 aliphatic carbocycles. The van der Waals surface area contributed by atoms with Gasteiger partial charge in [0.15, 0.2) is 0 Å². The maximum atomic E-state index is 11.2. The molecule has 0 spiro atoms. The molecule has 0 radical (unpaired) electrons. The predicted molar refractivity (Wildman–Crippen MR) is 79.0 cm³/mol. The molecule has 0 aromatic rings. The number of hydrogen-bond donors (Lipinski definition) is 1. The average molecular weight is 269 g/mol. The Hall–Kier alpha value is -0.570. The van der Waals surface area contributed by atoms with Crippen molar-refractivity contribution in [1.29, 1.82) is 0 Å². The summed E-state index contributed by atoms with van der Waals surface area (Å²) in [6.45, 7) is 11.2. The number of carbonyl (C=O) groups excluding carboxylic acids is 1. The number of ether oxygens (including phenoxy) is 1. The number of nitrogens with one attached hydrogen (secondary N) is 1. The second-order valence-corrected chi connectivity index (χ2v) is 6.84. The van der Waals surface area contributed by atoms with Gasteiger partial charge in [-0.05, 0) is 56.4 Å². The smallest absolute Gasteiger partial charge is 0.307 e. The Balaban J connectivity index is 2.08. The Bertz CT molecular complexity index is 262. The first-order valence-corrected chi connectivity index (χ1v) is 7.79. The SMILES string of the molecule is CCOC(=O)CCNCC1CCC(C(C)(C)C)CC1. The second kappa shape index (κ2) is 7.88. The summed E-state index contributed by atoms with van der Waals surface area (Å²) in [6.07, 6.45) is 5.86. The highest BCUT2D eigenvalue weighted by molar-refractivity contribution is 5.69. The van der Waals surface area contributed by atoms with Gasteiger partial charge in [-0.25, -0.2) is 0 Å². The number of hydrogen-bond acceptors (Lipinski definition) is 3. The first kappa shape index (κ1) is 16.5. The van der Waals surface area contributed by atoms with E-state index in [0.717, 1.165) is 24.9 Å². The van der Waals surface area contributed by atoms with Crippen molar-refractivity contribution in [3.63, 3.8) is 0 Å². The van der Waals surface area contributed by atoms with Crippen LogP contribution in [0, 0.1) is 17.3 Å². The summed E-state index contributed by atoms with van der Waals surface area (Å²) in [5, 5.41) is 3.40. The lowest BCUT2D eigenvalue weighted by molar-refractivity contribution is -0.142. The molecule has 0 aliphatic heterocycles. The van der Waals surface area contributed by atoms with Crippen LogP contribution in [0.5, 0.6) is 0 Å². The molecule has 0 aromatic heterocycles. The summed E-state index contributed by atoms with van der Waals surface area (Å²) in [4.78, 5) is 11.2. The van der Waals surface area contributed by atoms with E-state index in [4.69, 9.17) is 4.74 Å². The summed E-state index contributed by atoms with van der Waals surface area (Å²) >= 11 is 0. The van der Waals surface area contributed by atoms with Gasteiger partial charge in [-0.3, -0.25) is 4.79 Å². The molecule has 1 fully saturated rings. The molecule has 0 atom stereocenters. The molecule has 0 saturated heterocycles. The van der Waals surface area contributed by atoms with Crippen LogP contribution >= 0.6 is 0 Å². The summed E-state index contributed by atoms with van der Waals surface area (Å²) in [7, 11) is 0. The minimum absolute atomic E-state index is 0.0913. The van der Waals surface area contributed by atoms with Gasteiger partial charge in [-0.1, -0.05) is 20.8 Å². The third kappa shape index (κ3) is 6.42. The Morgan fingerprint density at radius 1 is 1.21 bits per heavy atom. The maximum Gasteiger partial charge on any atom is 0.307 e. The highest BCUT2D eigenvalue weighted by Crippen LogP contribution is 2.39. The van der Waals surface area contributed by atoms with E-state index >= 15 is 0 Å². The fourth-order valence-electron chi connectivity index (χ4n) is 2.96. The second-order valence-electron chi connectivity index (χ2n) is 6.84. The van der Waals surface area contributed by atoms with Crippen molar-refractivity contribution in [1.82, 2.24) is 5.32 Å². The zero-order chi connectivity index (χ0) is 14.3. The summed E-state index contributed by atoms with van der Waals surface area (Å²) in [5.74, 6) is 1.58. The van der Waals surface area contributed by atoms with Crippen molar-refractivity contribution < 1.29 is 9.53 Å². The van der Waals surface area contributed by atoms with Crippen LogP contribution < -0.4 is 5.32 Å². The first-order chi connectivity index (χ1) is 8.93. The van der Waals surface area contributed by atoms with Gasteiger partial charge in [-0.15, -0.1) is 0 Å². The molecule has 0 unspecified atom stereocenters. The van der Waals surface area contributed by atoms with Crippen molar-refractivity contribution in [2.45, 2.75) is 59.8 Å². The van der Waals surface area contributed by atoms with Gasteiger partial charge in [-0.2, -0.15) is 0 Å². The van der Waals surface area contributed by atoms with Crippen molar-refractivity contribution >= 4 is 5.97 Å². The molecule has 3 nitrogen and oxygen atoms in total. The van der Waals surface area contributed by atoms with E-state index < -0.39 is 0 Å². The van der Waals surface area contributed by atoms with Gasteiger partial charge in [0.25, 0.3) is 0 Å². The van der Waals surface area contributed by atoms with Gasteiger partial charge >= 0.3 is 5.97 Å². The van der Waals surface area contributed by atoms with Gasteiger partial charge in [0.1, 0.15) is 0 Å². The largest absolute Gasteiger partial charge is 0.466 e. The van der Waals surface area contributed by atoms with Crippen molar-refractivity contribution in [3.8, 4) is 0 Å². The molecule has 19 heavy (non-hydrogen) atoms. The quantitative estimate of drug-likeness (QED) is 0.593. The average Bonchev–Trinajstić information content (AvgIpc) is 2.34. The molecule has 1 saturated carbocycles.